The number of benzene rings is 1. The molecule has 0 heterocycles. The number of rotatable bonds is 4. The summed E-state index contributed by atoms with van der Waals surface area (Å²) in [6.07, 6.45) is 0.235. The van der Waals surface area contributed by atoms with Crippen LogP contribution in [0.5, 0.6) is 0 Å². The van der Waals surface area contributed by atoms with E-state index in [0.29, 0.717) is 23.4 Å². The normalized spacial score (nSPS) is 10.2. The first kappa shape index (κ1) is 15.5. The third-order valence-corrected chi connectivity index (χ3v) is 2.34. The lowest BCUT2D eigenvalue weighted by molar-refractivity contribution is -0.154. The maximum absolute atomic E-state index is 11.5. The van der Waals surface area contributed by atoms with Gasteiger partial charge in [-0.1, -0.05) is 0 Å². The molecule has 1 rings (SSSR count). The zero-order chi connectivity index (χ0) is 15.2. The molecule has 0 atom stereocenters. The van der Waals surface area contributed by atoms with E-state index >= 15 is 0 Å². The average molecular weight is 271 g/mol. The van der Waals surface area contributed by atoms with Gasteiger partial charge in [0.05, 0.1) is 17.5 Å². The largest absolute Gasteiger partial charge is 0.460 e. The molecule has 0 fully saturated rings. The van der Waals surface area contributed by atoms with Gasteiger partial charge in [-0.15, -0.1) is 0 Å². The topological polar surface area (TPSA) is 85.9 Å². The highest BCUT2D eigenvalue weighted by Gasteiger charge is 2.15. The Balaban J connectivity index is 2.54. The van der Waals surface area contributed by atoms with E-state index in [4.69, 9.17) is 15.3 Å². The van der Waals surface area contributed by atoms with Crippen molar-refractivity contribution in [2.75, 3.05) is 11.9 Å². The van der Waals surface area contributed by atoms with Crippen LogP contribution in [-0.4, -0.2) is 18.1 Å². The van der Waals surface area contributed by atoms with E-state index in [9.17, 15) is 4.79 Å². The van der Waals surface area contributed by atoms with Crippen molar-refractivity contribution in [3.8, 4) is 12.1 Å². The van der Waals surface area contributed by atoms with Gasteiger partial charge in [0.25, 0.3) is 0 Å². The Morgan fingerprint density at radius 3 is 2.45 bits per heavy atom. The second kappa shape index (κ2) is 6.58. The van der Waals surface area contributed by atoms with Crippen LogP contribution in [0, 0.1) is 22.7 Å². The summed E-state index contributed by atoms with van der Waals surface area (Å²) in [5.41, 5.74) is 0.864. The van der Waals surface area contributed by atoms with Crippen LogP contribution in [-0.2, 0) is 9.53 Å². The molecule has 1 aromatic carbocycles. The molecule has 0 unspecified atom stereocenters. The van der Waals surface area contributed by atoms with Gasteiger partial charge in [-0.3, -0.25) is 4.79 Å². The fourth-order valence-electron chi connectivity index (χ4n) is 1.55. The molecule has 0 aromatic heterocycles. The second-order valence-electron chi connectivity index (χ2n) is 5.25. The number of esters is 1. The molecule has 0 saturated heterocycles. The van der Waals surface area contributed by atoms with Gasteiger partial charge in [-0.05, 0) is 39.0 Å². The predicted octanol–water partition coefficient (Wildman–Crippen LogP) is 2.57. The van der Waals surface area contributed by atoms with Gasteiger partial charge in [0, 0.05) is 12.2 Å². The van der Waals surface area contributed by atoms with E-state index in [-0.39, 0.29) is 12.4 Å². The van der Waals surface area contributed by atoms with Gasteiger partial charge in [0.2, 0.25) is 0 Å². The van der Waals surface area contributed by atoms with Crippen LogP contribution >= 0.6 is 0 Å². The smallest absolute Gasteiger partial charge is 0.308 e. The van der Waals surface area contributed by atoms with Crippen molar-refractivity contribution in [3.05, 3.63) is 29.3 Å². The first-order valence-corrected chi connectivity index (χ1v) is 6.25. The minimum atomic E-state index is -0.487. The lowest BCUT2D eigenvalue weighted by Crippen LogP contribution is -2.25. The minimum Gasteiger partial charge on any atom is -0.460 e. The van der Waals surface area contributed by atoms with E-state index in [2.05, 4.69) is 5.32 Å². The zero-order valence-corrected chi connectivity index (χ0v) is 11.9. The van der Waals surface area contributed by atoms with Crippen molar-refractivity contribution in [2.45, 2.75) is 32.8 Å². The molecular weight excluding hydrogens is 254 g/mol. The molecule has 0 saturated carbocycles. The molecule has 1 N–H and O–H groups in total. The Morgan fingerprint density at radius 2 is 1.90 bits per heavy atom. The van der Waals surface area contributed by atoms with Gasteiger partial charge in [-0.25, -0.2) is 0 Å². The summed E-state index contributed by atoms with van der Waals surface area (Å²) in [6.45, 7) is 5.86. The number of carbonyl (C=O) groups is 1. The molecular formula is C15H17N3O2. The number of hydrogen-bond donors (Lipinski definition) is 1. The highest BCUT2D eigenvalue weighted by molar-refractivity contribution is 5.70. The van der Waals surface area contributed by atoms with E-state index in [1.165, 1.54) is 0 Å². The molecule has 20 heavy (non-hydrogen) atoms. The Labute approximate surface area is 118 Å². The molecule has 104 valence electrons. The lowest BCUT2D eigenvalue weighted by atomic mass is 10.1. The third-order valence-electron chi connectivity index (χ3n) is 2.34. The fraction of sp³-hybridized carbons (Fsp3) is 0.400. The summed E-state index contributed by atoms with van der Waals surface area (Å²) in [6, 6.07) is 8.78. The molecule has 5 heteroatoms. The van der Waals surface area contributed by atoms with Gasteiger partial charge in [0.1, 0.15) is 17.7 Å². The van der Waals surface area contributed by atoms with Crippen molar-refractivity contribution in [1.29, 1.82) is 10.5 Å². The van der Waals surface area contributed by atoms with Gasteiger partial charge in [0.15, 0.2) is 0 Å². The molecule has 1 aromatic rings. The number of nitriles is 2. The highest BCUT2D eigenvalue weighted by Crippen LogP contribution is 2.15. The van der Waals surface area contributed by atoms with Crippen molar-refractivity contribution in [1.82, 2.24) is 0 Å². The molecule has 0 aliphatic rings. The number of nitrogens with zero attached hydrogens (tertiary/aromatic N) is 2. The summed E-state index contributed by atoms with van der Waals surface area (Å²) >= 11 is 0. The monoisotopic (exact) mass is 271 g/mol. The van der Waals surface area contributed by atoms with Crippen LogP contribution in [0.2, 0.25) is 0 Å². The molecule has 0 bridgehead atoms. The number of anilines is 1. The quantitative estimate of drug-likeness (QED) is 0.850. The van der Waals surface area contributed by atoms with E-state index in [1.807, 2.05) is 32.9 Å². The number of ether oxygens (including phenoxy) is 1. The Kier molecular flexibility index (Phi) is 5.11. The summed E-state index contributed by atoms with van der Waals surface area (Å²) in [5.74, 6) is -0.279. The van der Waals surface area contributed by atoms with Crippen LogP contribution in [0.1, 0.15) is 38.3 Å². The average Bonchev–Trinajstić information content (AvgIpc) is 2.36. The summed E-state index contributed by atoms with van der Waals surface area (Å²) in [4.78, 5) is 11.5. The SMILES string of the molecule is CC(C)(C)OC(=O)CCNc1ccc(C#N)c(C#N)c1. The number of carbonyl (C=O) groups excluding carboxylic acids is 1. The highest BCUT2D eigenvalue weighted by atomic mass is 16.6. The molecule has 0 aliphatic heterocycles. The summed E-state index contributed by atoms with van der Waals surface area (Å²) < 4.78 is 5.18. The van der Waals surface area contributed by atoms with Crippen LogP contribution in [0.3, 0.4) is 0 Å². The van der Waals surface area contributed by atoms with Crippen LogP contribution < -0.4 is 5.32 Å². The van der Waals surface area contributed by atoms with Gasteiger partial charge < -0.3 is 10.1 Å². The van der Waals surface area contributed by atoms with E-state index < -0.39 is 5.60 Å². The lowest BCUT2D eigenvalue weighted by Gasteiger charge is -2.19. The van der Waals surface area contributed by atoms with E-state index in [0.717, 1.165) is 0 Å². The number of hydrogen-bond acceptors (Lipinski definition) is 5. The molecule has 0 radical (unpaired) electrons. The molecule has 0 amide bonds. The van der Waals surface area contributed by atoms with Crippen molar-refractivity contribution in [2.24, 2.45) is 0 Å². The maximum atomic E-state index is 11.5. The molecule has 0 spiro atoms. The van der Waals surface area contributed by atoms with Gasteiger partial charge in [-0.2, -0.15) is 10.5 Å². The summed E-state index contributed by atoms with van der Waals surface area (Å²) in [7, 11) is 0. The van der Waals surface area contributed by atoms with Crippen LogP contribution in [0.4, 0.5) is 5.69 Å². The Bertz CT molecular complexity index is 574. The predicted molar refractivity (Wildman–Crippen MR) is 74.8 cm³/mol. The Morgan fingerprint density at radius 1 is 1.25 bits per heavy atom. The maximum Gasteiger partial charge on any atom is 0.308 e. The zero-order valence-electron chi connectivity index (χ0n) is 11.9. The molecule has 0 aliphatic carbocycles. The minimum absolute atomic E-state index is 0.235. The Hall–Kier alpha value is -2.53. The summed E-state index contributed by atoms with van der Waals surface area (Å²) in [5, 5.41) is 20.8. The first-order chi connectivity index (χ1) is 9.35. The first-order valence-electron chi connectivity index (χ1n) is 6.25. The molecule has 5 nitrogen and oxygen atoms in total. The van der Waals surface area contributed by atoms with Crippen LogP contribution in [0.25, 0.3) is 0 Å². The fourth-order valence-corrected chi connectivity index (χ4v) is 1.55. The third kappa shape index (κ3) is 4.99. The van der Waals surface area contributed by atoms with Crippen molar-refractivity contribution < 1.29 is 9.53 Å². The van der Waals surface area contributed by atoms with Crippen molar-refractivity contribution in [3.63, 3.8) is 0 Å². The number of nitrogens with one attached hydrogen (secondary N) is 1. The second-order valence-corrected chi connectivity index (χ2v) is 5.25. The van der Waals surface area contributed by atoms with Crippen LogP contribution in [0.15, 0.2) is 18.2 Å². The van der Waals surface area contributed by atoms with E-state index in [1.54, 1.807) is 18.2 Å². The van der Waals surface area contributed by atoms with Gasteiger partial charge >= 0.3 is 5.97 Å². The van der Waals surface area contributed by atoms with Crippen molar-refractivity contribution >= 4 is 11.7 Å². The standard InChI is InChI=1S/C15H17N3O2/c1-15(2,3)20-14(19)6-7-18-13-5-4-11(9-16)12(8-13)10-17/h4-5,8,18H,6-7H2,1-3H3.